The lowest BCUT2D eigenvalue weighted by atomic mass is 10.0. The Balaban J connectivity index is 2.49. The topological polar surface area (TPSA) is 30.2 Å². The van der Waals surface area contributed by atoms with Gasteiger partial charge < -0.3 is 0 Å². The highest BCUT2D eigenvalue weighted by molar-refractivity contribution is 5.89. The summed E-state index contributed by atoms with van der Waals surface area (Å²) >= 11 is 0. The highest BCUT2D eigenvalue weighted by atomic mass is 19.4. The first-order valence-electron chi connectivity index (χ1n) is 6.90. The molecule has 0 unspecified atom stereocenters. The lowest BCUT2D eigenvalue weighted by Crippen LogP contribution is -2.50. The Kier molecular flexibility index (Phi) is 4.79. The van der Waals surface area contributed by atoms with E-state index in [1.165, 1.54) is 0 Å². The monoisotopic (exact) mass is 364 g/mol. The number of aryl methyl sites for hydroxylation is 2. The highest BCUT2D eigenvalue weighted by Gasteiger charge is 2.38. The Labute approximate surface area is 138 Å². The molecule has 0 aliphatic rings. The molecule has 0 aliphatic carbocycles. The Morgan fingerprint density at radius 1 is 0.880 bits per heavy atom. The normalized spacial score (nSPS) is 12.2. The van der Waals surface area contributed by atoms with Crippen molar-refractivity contribution >= 4 is 5.97 Å². The van der Waals surface area contributed by atoms with Gasteiger partial charge in [-0.3, -0.25) is 0 Å². The van der Waals surface area contributed by atoms with Crippen molar-refractivity contribution in [3.63, 3.8) is 0 Å². The number of aromatic nitrogens is 1. The van der Waals surface area contributed by atoms with Crippen LogP contribution in [0, 0.1) is 13.8 Å². The van der Waals surface area contributed by atoms with Crippen molar-refractivity contribution in [2.75, 3.05) is 0 Å². The zero-order valence-electron chi connectivity index (χ0n) is 13.0. The minimum Gasteiger partial charge on any atom is -0.239 e. The van der Waals surface area contributed by atoms with Gasteiger partial charge in [0.1, 0.15) is 0 Å². The van der Waals surface area contributed by atoms with Crippen molar-refractivity contribution in [1.82, 2.24) is 0 Å². The van der Waals surface area contributed by atoms with E-state index in [9.17, 15) is 31.1 Å². The maximum absolute atomic E-state index is 12.8. The first-order valence-corrected chi connectivity index (χ1v) is 6.90. The summed E-state index contributed by atoms with van der Waals surface area (Å²) in [4.78, 5) is 17.0. The molecule has 2 rings (SSSR count). The fourth-order valence-corrected chi connectivity index (χ4v) is 2.09. The van der Waals surface area contributed by atoms with Crippen molar-refractivity contribution in [1.29, 1.82) is 0 Å². The minimum absolute atomic E-state index is 0.0526. The fraction of sp³-hybridized carbons (Fsp3) is 0.250. The van der Waals surface area contributed by atoms with Gasteiger partial charge in [0.15, 0.2) is 0 Å². The predicted octanol–water partition coefficient (Wildman–Crippen LogP) is 3.90. The Bertz CT molecular complexity index is 759. The summed E-state index contributed by atoms with van der Waals surface area (Å²) in [6.45, 7) is 3.13. The molecule has 0 bridgehead atoms. The summed E-state index contributed by atoms with van der Waals surface area (Å²) in [7, 11) is 0. The van der Waals surface area contributed by atoms with E-state index >= 15 is 0 Å². The van der Waals surface area contributed by atoms with Crippen LogP contribution < -0.4 is 9.57 Å². The van der Waals surface area contributed by atoms with Gasteiger partial charge in [-0.25, -0.2) is 4.79 Å². The number of rotatable bonds is 2. The molecule has 0 radical (unpaired) electrons. The molecular weight excluding hydrogens is 352 g/mol. The van der Waals surface area contributed by atoms with E-state index in [1.807, 2.05) is 0 Å². The first kappa shape index (κ1) is 18.8. The number of hydrogen-bond acceptors (Lipinski definition) is 2. The Morgan fingerprint density at radius 2 is 1.32 bits per heavy atom. The molecule has 3 nitrogen and oxygen atoms in total. The summed E-state index contributed by atoms with van der Waals surface area (Å²) in [5.74, 6) is -1.33. The average Bonchev–Trinajstić information content (AvgIpc) is 2.48. The van der Waals surface area contributed by atoms with Crippen molar-refractivity contribution in [2.24, 2.45) is 0 Å². The molecule has 9 heteroatoms. The minimum atomic E-state index is -5.04. The van der Waals surface area contributed by atoms with E-state index in [-0.39, 0.29) is 6.07 Å². The van der Waals surface area contributed by atoms with E-state index in [1.54, 1.807) is 32.0 Å². The molecule has 0 N–H and O–H groups in total. The van der Waals surface area contributed by atoms with Crippen LogP contribution in [0.15, 0.2) is 36.4 Å². The lowest BCUT2D eigenvalue weighted by molar-refractivity contribution is -0.876. The maximum atomic E-state index is 12.8. The van der Waals surface area contributed by atoms with Gasteiger partial charge >= 0.3 is 18.3 Å². The SMILES string of the molecule is Cc1cccc(C)[n+]1OC(=O)c1cc(C(F)(F)F)cc(C(F)(F)F)c1. The second-order valence-corrected chi connectivity index (χ2v) is 5.28. The summed E-state index contributed by atoms with van der Waals surface area (Å²) in [5.41, 5.74) is -3.13. The molecule has 0 saturated heterocycles. The van der Waals surface area contributed by atoms with E-state index < -0.39 is 35.0 Å². The largest absolute Gasteiger partial charge is 0.416 e. The van der Waals surface area contributed by atoms with Crippen molar-refractivity contribution in [3.05, 3.63) is 64.5 Å². The van der Waals surface area contributed by atoms with Gasteiger partial charge in [-0.15, -0.1) is 0 Å². The zero-order chi connectivity index (χ0) is 19.0. The van der Waals surface area contributed by atoms with Crippen LogP contribution in [0.1, 0.15) is 32.9 Å². The molecule has 0 fully saturated rings. The third-order valence-corrected chi connectivity index (χ3v) is 3.31. The summed E-state index contributed by atoms with van der Waals surface area (Å²) in [6, 6.07) is 5.38. The summed E-state index contributed by atoms with van der Waals surface area (Å²) in [5, 5.41) is 0. The van der Waals surface area contributed by atoms with Crippen LogP contribution in [-0.4, -0.2) is 5.97 Å². The van der Waals surface area contributed by atoms with Gasteiger partial charge in [-0.05, 0) is 24.3 Å². The molecule has 1 aromatic carbocycles. The van der Waals surface area contributed by atoms with Crippen LogP contribution in [0.25, 0.3) is 0 Å². The van der Waals surface area contributed by atoms with E-state index in [0.29, 0.717) is 23.5 Å². The number of halogens is 6. The fourth-order valence-electron chi connectivity index (χ4n) is 2.09. The number of nitrogens with zero attached hydrogens (tertiary/aromatic N) is 1. The summed E-state index contributed by atoms with van der Waals surface area (Å²) < 4.78 is 78.0. The molecule has 0 aliphatic heterocycles. The van der Waals surface area contributed by atoms with E-state index in [4.69, 9.17) is 4.84 Å². The average molecular weight is 364 g/mol. The van der Waals surface area contributed by atoms with Crippen LogP contribution in [0.5, 0.6) is 0 Å². The molecule has 2 aromatic rings. The van der Waals surface area contributed by atoms with Crippen LogP contribution in [0.4, 0.5) is 26.3 Å². The number of carbonyl (C=O) groups is 1. The number of carbonyl (C=O) groups excluding carboxylic acids is 1. The number of benzene rings is 1. The lowest BCUT2D eigenvalue weighted by Gasteiger charge is -2.13. The smallest absolute Gasteiger partial charge is 0.239 e. The second-order valence-electron chi connectivity index (χ2n) is 5.28. The number of alkyl halides is 6. The molecule has 0 saturated carbocycles. The number of hydrogen-bond donors (Lipinski definition) is 0. The third-order valence-electron chi connectivity index (χ3n) is 3.31. The zero-order valence-corrected chi connectivity index (χ0v) is 13.0. The molecule has 0 amide bonds. The standard InChI is InChI=1S/C16H12F6NO2/c1-9-4-3-5-10(2)23(9)25-14(24)11-6-12(15(17,18)19)8-13(7-11)16(20,21)22/h3-8H,1-2H3/q+1. The van der Waals surface area contributed by atoms with Crippen LogP contribution in [0.3, 0.4) is 0 Å². The molecule has 134 valence electrons. The second kappa shape index (κ2) is 6.38. The van der Waals surface area contributed by atoms with Gasteiger partial charge in [-0.2, -0.15) is 31.2 Å². The highest BCUT2D eigenvalue weighted by Crippen LogP contribution is 2.36. The molecular formula is C16H12F6NO2+. The Hall–Kier alpha value is -2.58. The van der Waals surface area contributed by atoms with Crippen molar-refractivity contribution in [3.8, 4) is 0 Å². The summed E-state index contributed by atoms with van der Waals surface area (Å²) in [6.07, 6.45) is -10.1. The van der Waals surface area contributed by atoms with Crippen LogP contribution in [-0.2, 0) is 12.4 Å². The van der Waals surface area contributed by atoms with Crippen molar-refractivity contribution < 1.29 is 40.7 Å². The first-order chi connectivity index (χ1) is 11.4. The van der Waals surface area contributed by atoms with Crippen LogP contribution >= 0.6 is 0 Å². The molecule has 25 heavy (non-hydrogen) atoms. The molecule has 0 atom stereocenters. The van der Waals surface area contributed by atoms with E-state index in [0.717, 1.165) is 4.73 Å². The predicted molar refractivity (Wildman–Crippen MR) is 73.5 cm³/mol. The third kappa shape index (κ3) is 4.28. The van der Waals surface area contributed by atoms with Crippen molar-refractivity contribution in [2.45, 2.75) is 26.2 Å². The molecule has 1 aromatic heterocycles. The van der Waals surface area contributed by atoms with Gasteiger partial charge in [0, 0.05) is 30.7 Å². The molecule has 0 spiro atoms. The molecule has 1 heterocycles. The van der Waals surface area contributed by atoms with E-state index in [2.05, 4.69) is 0 Å². The van der Waals surface area contributed by atoms with Crippen LogP contribution in [0.2, 0.25) is 0 Å². The van der Waals surface area contributed by atoms with Gasteiger partial charge in [-0.1, -0.05) is 0 Å². The maximum Gasteiger partial charge on any atom is 0.416 e. The number of pyridine rings is 1. The van der Waals surface area contributed by atoms with Gasteiger partial charge in [0.25, 0.3) is 0 Å². The Morgan fingerprint density at radius 3 is 1.72 bits per heavy atom. The van der Waals surface area contributed by atoms with Gasteiger partial charge in [0.05, 0.1) is 16.7 Å². The quantitative estimate of drug-likeness (QED) is 0.598. The van der Waals surface area contributed by atoms with Gasteiger partial charge in [0.2, 0.25) is 11.4 Å².